The van der Waals surface area contributed by atoms with Crippen molar-refractivity contribution < 1.29 is 4.39 Å². The third kappa shape index (κ3) is 2.67. The number of nitrogens with zero attached hydrogens (tertiary/aromatic N) is 2. The number of halogens is 2. The highest BCUT2D eigenvalue weighted by molar-refractivity contribution is 9.10. The molecule has 0 radical (unpaired) electrons. The molecule has 0 saturated heterocycles. The molecule has 3 rings (SSSR count). The maximum atomic E-state index is 13.7. The zero-order valence-corrected chi connectivity index (χ0v) is 12.8. The van der Waals surface area contributed by atoms with Crippen LogP contribution in [0.15, 0.2) is 41.1 Å². The van der Waals surface area contributed by atoms with Crippen molar-refractivity contribution in [1.29, 1.82) is 0 Å². The summed E-state index contributed by atoms with van der Waals surface area (Å²) in [7, 11) is 0. The van der Waals surface area contributed by atoms with Crippen molar-refractivity contribution in [3.63, 3.8) is 0 Å². The first-order chi connectivity index (χ1) is 10.0. The van der Waals surface area contributed by atoms with Gasteiger partial charge in [0, 0.05) is 16.8 Å². The van der Waals surface area contributed by atoms with Crippen molar-refractivity contribution in [2.75, 3.05) is 11.1 Å². The summed E-state index contributed by atoms with van der Waals surface area (Å²) in [6, 6.07) is 8.56. The van der Waals surface area contributed by atoms with Crippen LogP contribution < -0.4 is 11.1 Å². The number of rotatable bonds is 2. The third-order valence-corrected chi connectivity index (χ3v) is 3.79. The average Bonchev–Trinajstić information content (AvgIpc) is 2.44. The van der Waals surface area contributed by atoms with Crippen LogP contribution in [0.25, 0.3) is 10.9 Å². The summed E-state index contributed by atoms with van der Waals surface area (Å²) in [6.45, 7) is 1.90. The summed E-state index contributed by atoms with van der Waals surface area (Å²) in [5, 5.41) is 3.98. The lowest BCUT2D eigenvalue weighted by atomic mass is 10.1. The Morgan fingerprint density at radius 2 is 2.00 bits per heavy atom. The van der Waals surface area contributed by atoms with Gasteiger partial charge in [0.15, 0.2) is 0 Å². The Kier molecular flexibility index (Phi) is 3.47. The zero-order chi connectivity index (χ0) is 15.0. The van der Waals surface area contributed by atoms with Gasteiger partial charge in [-0.15, -0.1) is 0 Å². The van der Waals surface area contributed by atoms with Crippen molar-refractivity contribution in [2.45, 2.75) is 6.92 Å². The number of fused-ring (bicyclic) bond motifs is 1. The Bertz CT molecular complexity index is 835. The second-order valence-electron chi connectivity index (χ2n) is 4.71. The van der Waals surface area contributed by atoms with E-state index in [9.17, 15) is 4.39 Å². The molecule has 0 amide bonds. The minimum Gasteiger partial charge on any atom is -0.399 e. The van der Waals surface area contributed by atoms with E-state index in [1.54, 1.807) is 18.2 Å². The largest absolute Gasteiger partial charge is 0.399 e. The Balaban J connectivity index is 2.08. The molecule has 0 atom stereocenters. The van der Waals surface area contributed by atoms with Crippen molar-refractivity contribution in [3.05, 3.63) is 52.5 Å². The van der Waals surface area contributed by atoms with E-state index in [4.69, 9.17) is 5.73 Å². The standard InChI is InChI=1S/C15H12BrFN4/c1-8-4-11(16)12(17)6-13(8)21-15-10-3-2-9(18)5-14(10)19-7-20-15/h2-7H,18H2,1H3,(H,19,20,21). The summed E-state index contributed by atoms with van der Waals surface area (Å²) in [5.74, 6) is 0.288. The Morgan fingerprint density at radius 3 is 2.81 bits per heavy atom. The van der Waals surface area contributed by atoms with Crippen LogP contribution in [0, 0.1) is 12.7 Å². The molecule has 0 aliphatic heterocycles. The van der Waals surface area contributed by atoms with Crippen LogP contribution in [0.3, 0.4) is 0 Å². The predicted octanol–water partition coefficient (Wildman–Crippen LogP) is 4.17. The van der Waals surface area contributed by atoms with E-state index >= 15 is 0 Å². The average molecular weight is 347 g/mol. The minimum absolute atomic E-state index is 0.328. The monoisotopic (exact) mass is 346 g/mol. The van der Waals surface area contributed by atoms with Crippen molar-refractivity contribution in [2.24, 2.45) is 0 Å². The molecule has 1 heterocycles. The molecule has 6 heteroatoms. The van der Waals surface area contributed by atoms with Gasteiger partial charge in [-0.25, -0.2) is 14.4 Å². The molecule has 4 nitrogen and oxygen atoms in total. The van der Waals surface area contributed by atoms with Crippen molar-refractivity contribution in [1.82, 2.24) is 9.97 Å². The fraction of sp³-hybridized carbons (Fsp3) is 0.0667. The molecule has 0 bridgehead atoms. The van der Waals surface area contributed by atoms with E-state index in [1.807, 2.05) is 13.0 Å². The van der Waals surface area contributed by atoms with Gasteiger partial charge >= 0.3 is 0 Å². The van der Waals surface area contributed by atoms with E-state index in [0.717, 1.165) is 16.5 Å². The van der Waals surface area contributed by atoms with Gasteiger partial charge in [0.05, 0.1) is 9.99 Å². The van der Waals surface area contributed by atoms with Crippen LogP contribution in [0.4, 0.5) is 21.6 Å². The molecule has 21 heavy (non-hydrogen) atoms. The smallest absolute Gasteiger partial charge is 0.141 e. The maximum Gasteiger partial charge on any atom is 0.141 e. The Hall–Kier alpha value is -2.21. The van der Waals surface area contributed by atoms with Gasteiger partial charge in [-0.1, -0.05) is 0 Å². The van der Waals surface area contributed by atoms with Crippen LogP contribution >= 0.6 is 15.9 Å². The van der Waals surface area contributed by atoms with Crippen LogP contribution in [0.5, 0.6) is 0 Å². The highest BCUT2D eigenvalue weighted by Crippen LogP contribution is 2.29. The summed E-state index contributed by atoms with van der Waals surface area (Å²) < 4.78 is 14.1. The topological polar surface area (TPSA) is 63.8 Å². The predicted molar refractivity (Wildman–Crippen MR) is 86.1 cm³/mol. The molecule has 0 fully saturated rings. The van der Waals surface area contributed by atoms with Gasteiger partial charge in [-0.3, -0.25) is 0 Å². The SMILES string of the molecule is Cc1cc(Br)c(F)cc1Nc1ncnc2cc(N)ccc12. The van der Waals surface area contributed by atoms with Gasteiger partial charge in [-0.05, 0) is 58.7 Å². The van der Waals surface area contributed by atoms with E-state index in [2.05, 4.69) is 31.2 Å². The number of aromatic nitrogens is 2. The highest BCUT2D eigenvalue weighted by Gasteiger charge is 2.09. The first-order valence-corrected chi connectivity index (χ1v) is 7.07. The number of aryl methyl sites for hydroxylation is 1. The molecule has 2 aromatic carbocycles. The second-order valence-corrected chi connectivity index (χ2v) is 5.56. The molecule has 1 aromatic heterocycles. The number of benzene rings is 2. The van der Waals surface area contributed by atoms with Gasteiger partial charge in [0.25, 0.3) is 0 Å². The molecule has 3 aromatic rings. The first-order valence-electron chi connectivity index (χ1n) is 6.27. The minimum atomic E-state index is -0.328. The molecule has 0 aliphatic rings. The lowest BCUT2D eigenvalue weighted by Crippen LogP contribution is -1.99. The summed E-state index contributed by atoms with van der Waals surface area (Å²) in [6.07, 6.45) is 1.45. The van der Waals surface area contributed by atoms with Crippen LogP contribution in [-0.2, 0) is 0 Å². The lowest BCUT2D eigenvalue weighted by Gasteiger charge is -2.11. The summed E-state index contributed by atoms with van der Waals surface area (Å²) >= 11 is 3.17. The number of nitrogen functional groups attached to an aromatic ring is 1. The molecular weight excluding hydrogens is 335 g/mol. The van der Waals surface area contributed by atoms with E-state index in [0.29, 0.717) is 21.7 Å². The quantitative estimate of drug-likeness (QED) is 0.683. The Morgan fingerprint density at radius 1 is 1.19 bits per heavy atom. The number of anilines is 3. The van der Waals surface area contributed by atoms with Crippen LogP contribution in [0.1, 0.15) is 5.56 Å². The maximum absolute atomic E-state index is 13.7. The number of hydrogen-bond donors (Lipinski definition) is 2. The van der Waals surface area contributed by atoms with E-state index in [1.165, 1.54) is 12.4 Å². The number of nitrogens with one attached hydrogen (secondary N) is 1. The zero-order valence-electron chi connectivity index (χ0n) is 11.2. The summed E-state index contributed by atoms with van der Waals surface area (Å²) in [5.41, 5.74) is 8.69. The second kappa shape index (κ2) is 5.29. The third-order valence-electron chi connectivity index (χ3n) is 3.18. The summed E-state index contributed by atoms with van der Waals surface area (Å²) in [4.78, 5) is 8.41. The van der Waals surface area contributed by atoms with Gasteiger partial charge in [0.1, 0.15) is 18.0 Å². The first kappa shape index (κ1) is 13.8. The molecule has 3 N–H and O–H groups in total. The normalized spacial score (nSPS) is 10.8. The Labute approximate surface area is 129 Å². The lowest BCUT2D eigenvalue weighted by molar-refractivity contribution is 0.621. The van der Waals surface area contributed by atoms with Crippen LogP contribution in [0.2, 0.25) is 0 Å². The van der Waals surface area contributed by atoms with E-state index < -0.39 is 0 Å². The fourth-order valence-corrected chi connectivity index (χ4v) is 2.54. The number of nitrogens with two attached hydrogens (primary N) is 1. The van der Waals surface area contributed by atoms with Crippen molar-refractivity contribution >= 4 is 44.0 Å². The molecule has 106 valence electrons. The fourth-order valence-electron chi connectivity index (χ4n) is 2.08. The number of hydrogen-bond acceptors (Lipinski definition) is 4. The van der Waals surface area contributed by atoms with Gasteiger partial charge < -0.3 is 11.1 Å². The van der Waals surface area contributed by atoms with Crippen molar-refractivity contribution in [3.8, 4) is 0 Å². The highest BCUT2D eigenvalue weighted by atomic mass is 79.9. The molecule has 0 saturated carbocycles. The van der Waals surface area contributed by atoms with Crippen LogP contribution in [-0.4, -0.2) is 9.97 Å². The van der Waals surface area contributed by atoms with Gasteiger partial charge in [-0.2, -0.15) is 0 Å². The molecule has 0 spiro atoms. The van der Waals surface area contributed by atoms with Gasteiger partial charge in [0.2, 0.25) is 0 Å². The molecule has 0 aliphatic carbocycles. The molecule has 0 unspecified atom stereocenters. The van der Waals surface area contributed by atoms with E-state index in [-0.39, 0.29) is 5.82 Å². The molecular formula is C15H12BrFN4.